The molecule has 0 bridgehead atoms. The summed E-state index contributed by atoms with van der Waals surface area (Å²) >= 11 is 0. The van der Waals surface area contributed by atoms with Gasteiger partial charge in [0.25, 0.3) is 0 Å². The van der Waals surface area contributed by atoms with Crippen LogP contribution in [0.3, 0.4) is 0 Å². The van der Waals surface area contributed by atoms with Gasteiger partial charge in [0.15, 0.2) is 0 Å². The highest BCUT2D eigenvalue weighted by Crippen LogP contribution is 2.26. The van der Waals surface area contributed by atoms with Crippen LogP contribution >= 0.6 is 0 Å². The van der Waals surface area contributed by atoms with Crippen molar-refractivity contribution in [3.63, 3.8) is 0 Å². The third kappa shape index (κ3) is 3.46. The van der Waals surface area contributed by atoms with Gasteiger partial charge in [-0.25, -0.2) is 9.67 Å². The number of nitrogens with zero attached hydrogens (tertiary/aromatic N) is 4. The molecule has 1 saturated heterocycles. The highest BCUT2D eigenvalue weighted by atomic mass is 15.3. The van der Waals surface area contributed by atoms with Crippen LogP contribution in [0.25, 0.3) is 5.69 Å². The molecule has 23 heavy (non-hydrogen) atoms. The molecule has 1 aromatic carbocycles. The summed E-state index contributed by atoms with van der Waals surface area (Å²) < 4.78 is 1.88. The van der Waals surface area contributed by atoms with E-state index >= 15 is 0 Å². The summed E-state index contributed by atoms with van der Waals surface area (Å²) in [7, 11) is 0. The lowest BCUT2D eigenvalue weighted by molar-refractivity contribution is 0.0990. The second-order valence-electron chi connectivity index (χ2n) is 6.76. The lowest BCUT2D eigenvalue weighted by Gasteiger charge is -2.39. The molecule has 3 rings (SSSR count). The number of nitrogens with two attached hydrogens (primary N) is 1. The molecule has 1 fully saturated rings. The molecular formula is C18H27N5. The lowest BCUT2D eigenvalue weighted by Crippen LogP contribution is -2.48. The first kappa shape index (κ1) is 16.1. The second-order valence-corrected chi connectivity index (χ2v) is 6.76. The zero-order valence-corrected chi connectivity index (χ0v) is 14.4. The molecule has 0 aliphatic carbocycles. The zero-order chi connectivity index (χ0) is 16.4. The van der Waals surface area contributed by atoms with Gasteiger partial charge in [0.05, 0.1) is 5.69 Å². The number of aromatic nitrogens is 3. The molecule has 1 aromatic heterocycles. The predicted octanol–water partition coefficient (Wildman–Crippen LogP) is 2.44. The summed E-state index contributed by atoms with van der Waals surface area (Å²) in [6, 6.07) is 7.01. The van der Waals surface area contributed by atoms with Crippen LogP contribution < -0.4 is 5.73 Å². The zero-order valence-electron chi connectivity index (χ0n) is 14.4. The maximum atomic E-state index is 6.05. The van der Waals surface area contributed by atoms with Gasteiger partial charge in [-0.15, -0.1) is 0 Å². The molecule has 0 radical (unpaired) electrons. The SMILES string of the molecule is Cc1ccc(-n2cnc(C)n2)c(CN2CCCC(C)C2CN)c1. The molecule has 1 aliphatic heterocycles. The fourth-order valence-corrected chi connectivity index (χ4v) is 3.66. The fourth-order valence-electron chi connectivity index (χ4n) is 3.66. The highest BCUT2D eigenvalue weighted by molar-refractivity contribution is 5.42. The summed E-state index contributed by atoms with van der Waals surface area (Å²) in [6.45, 7) is 9.14. The van der Waals surface area contributed by atoms with Crippen LogP contribution in [0, 0.1) is 19.8 Å². The van der Waals surface area contributed by atoms with E-state index in [0.717, 1.165) is 31.1 Å². The van der Waals surface area contributed by atoms with Gasteiger partial charge >= 0.3 is 0 Å². The third-order valence-corrected chi connectivity index (χ3v) is 4.93. The minimum Gasteiger partial charge on any atom is -0.329 e. The maximum absolute atomic E-state index is 6.05. The quantitative estimate of drug-likeness (QED) is 0.942. The molecule has 5 heteroatoms. The smallest absolute Gasteiger partial charge is 0.147 e. The van der Waals surface area contributed by atoms with Gasteiger partial charge < -0.3 is 5.73 Å². The van der Waals surface area contributed by atoms with Crippen LogP contribution in [0.5, 0.6) is 0 Å². The van der Waals surface area contributed by atoms with E-state index in [9.17, 15) is 0 Å². The number of hydrogen-bond acceptors (Lipinski definition) is 4. The van der Waals surface area contributed by atoms with Gasteiger partial charge in [-0.3, -0.25) is 4.90 Å². The van der Waals surface area contributed by atoms with Gasteiger partial charge in [-0.2, -0.15) is 5.10 Å². The van der Waals surface area contributed by atoms with Crippen molar-refractivity contribution in [1.82, 2.24) is 19.7 Å². The number of aryl methyl sites for hydroxylation is 2. The summed E-state index contributed by atoms with van der Waals surface area (Å²) in [5, 5.41) is 4.48. The van der Waals surface area contributed by atoms with E-state index in [0.29, 0.717) is 12.0 Å². The van der Waals surface area contributed by atoms with Crippen molar-refractivity contribution in [3.05, 3.63) is 41.5 Å². The first-order chi connectivity index (χ1) is 11.1. The van der Waals surface area contributed by atoms with Crippen molar-refractivity contribution in [3.8, 4) is 5.69 Å². The number of hydrogen-bond donors (Lipinski definition) is 1. The number of rotatable bonds is 4. The van der Waals surface area contributed by atoms with Crippen molar-refractivity contribution in [1.29, 1.82) is 0 Å². The van der Waals surface area contributed by atoms with E-state index in [1.165, 1.54) is 24.0 Å². The Kier molecular flexibility index (Phi) is 4.78. The first-order valence-corrected chi connectivity index (χ1v) is 8.50. The van der Waals surface area contributed by atoms with Crippen molar-refractivity contribution >= 4 is 0 Å². The topological polar surface area (TPSA) is 60.0 Å². The van der Waals surface area contributed by atoms with E-state index in [-0.39, 0.29) is 0 Å². The van der Waals surface area contributed by atoms with Gasteiger partial charge in [0, 0.05) is 19.1 Å². The van der Waals surface area contributed by atoms with E-state index < -0.39 is 0 Å². The Morgan fingerprint density at radius 2 is 2.13 bits per heavy atom. The summed E-state index contributed by atoms with van der Waals surface area (Å²) in [6.07, 6.45) is 4.32. The van der Waals surface area contributed by atoms with Gasteiger partial charge in [-0.1, -0.05) is 24.6 Å². The molecule has 5 nitrogen and oxygen atoms in total. The van der Waals surface area contributed by atoms with E-state index in [1.54, 1.807) is 6.33 Å². The molecule has 0 amide bonds. The third-order valence-electron chi connectivity index (χ3n) is 4.93. The average molecular weight is 313 g/mol. The predicted molar refractivity (Wildman–Crippen MR) is 92.5 cm³/mol. The molecule has 2 atom stereocenters. The number of benzene rings is 1. The van der Waals surface area contributed by atoms with Crippen LogP contribution in [0.15, 0.2) is 24.5 Å². The number of piperidine rings is 1. The normalized spacial score (nSPS) is 22.4. The lowest BCUT2D eigenvalue weighted by atomic mass is 9.90. The van der Waals surface area contributed by atoms with Crippen molar-refractivity contribution in [2.45, 2.75) is 46.2 Å². The van der Waals surface area contributed by atoms with E-state index in [4.69, 9.17) is 5.73 Å². The Labute approximate surface area is 138 Å². The molecule has 2 N–H and O–H groups in total. The Balaban J connectivity index is 1.91. The fraction of sp³-hybridized carbons (Fsp3) is 0.556. The van der Waals surface area contributed by atoms with E-state index in [1.807, 2.05) is 11.6 Å². The maximum Gasteiger partial charge on any atom is 0.147 e. The monoisotopic (exact) mass is 313 g/mol. The van der Waals surface area contributed by atoms with Gasteiger partial charge in [-0.05, 0) is 50.8 Å². The standard InChI is InChI=1S/C18H27N5/c1-13-6-7-17(23-12-20-15(3)21-23)16(9-13)11-22-8-4-5-14(2)18(22)10-19/h6-7,9,12,14,18H,4-5,8,10-11,19H2,1-3H3. The Morgan fingerprint density at radius 1 is 1.30 bits per heavy atom. The molecule has 1 aliphatic rings. The van der Waals surface area contributed by atoms with Crippen molar-refractivity contribution in [2.24, 2.45) is 11.7 Å². The Hall–Kier alpha value is -1.72. The summed E-state index contributed by atoms with van der Waals surface area (Å²) in [4.78, 5) is 6.80. The number of likely N-dealkylation sites (tertiary alicyclic amines) is 1. The molecule has 2 heterocycles. The molecule has 0 spiro atoms. The van der Waals surface area contributed by atoms with Crippen LogP contribution in [0.2, 0.25) is 0 Å². The van der Waals surface area contributed by atoms with Crippen LogP contribution in [-0.4, -0.2) is 38.8 Å². The van der Waals surface area contributed by atoms with Crippen LogP contribution in [0.4, 0.5) is 0 Å². The van der Waals surface area contributed by atoms with Gasteiger partial charge in [0.2, 0.25) is 0 Å². The second kappa shape index (κ2) is 6.81. The van der Waals surface area contributed by atoms with Crippen molar-refractivity contribution < 1.29 is 0 Å². The summed E-state index contributed by atoms with van der Waals surface area (Å²) in [5.41, 5.74) is 9.73. The van der Waals surface area contributed by atoms with E-state index in [2.05, 4.69) is 47.0 Å². The van der Waals surface area contributed by atoms with Crippen LogP contribution in [-0.2, 0) is 6.54 Å². The Bertz CT molecular complexity index is 663. The summed E-state index contributed by atoms with van der Waals surface area (Å²) in [5.74, 6) is 1.46. The molecular weight excluding hydrogens is 286 g/mol. The average Bonchev–Trinajstić information content (AvgIpc) is 2.94. The van der Waals surface area contributed by atoms with Crippen molar-refractivity contribution in [2.75, 3.05) is 13.1 Å². The highest BCUT2D eigenvalue weighted by Gasteiger charge is 2.27. The largest absolute Gasteiger partial charge is 0.329 e. The molecule has 2 unspecified atom stereocenters. The molecule has 2 aromatic rings. The molecule has 124 valence electrons. The minimum absolute atomic E-state index is 0.467. The van der Waals surface area contributed by atoms with Crippen LogP contribution in [0.1, 0.15) is 36.7 Å². The molecule has 0 saturated carbocycles. The Morgan fingerprint density at radius 3 is 2.83 bits per heavy atom. The van der Waals surface area contributed by atoms with Gasteiger partial charge in [0.1, 0.15) is 12.2 Å². The minimum atomic E-state index is 0.467. The first-order valence-electron chi connectivity index (χ1n) is 8.50.